The maximum absolute atomic E-state index is 13.1. The van der Waals surface area contributed by atoms with Crippen LogP contribution in [0.25, 0.3) is 16.9 Å². The molecule has 4 heterocycles. The van der Waals surface area contributed by atoms with E-state index >= 15 is 0 Å². The maximum atomic E-state index is 13.1. The molecule has 0 aliphatic heterocycles. The first-order chi connectivity index (χ1) is 16.0. The summed E-state index contributed by atoms with van der Waals surface area (Å²) in [5, 5.41) is 16.7. The van der Waals surface area contributed by atoms with E-state index in [9.17, 15) is 4.79 Å². The number of carbonyl (C=O) groups is 1. The standard InChI is InChI=1S/C23H21ClN8O/c1-3-30-14-20(15(2)29-30)21-7-8-25-22-19(11-27-32(21)22)23(33)28-18-6-4-5-16(9-18)12-31-13-17(24)10-26-31/h4-11,13-14H,3,12H2,1-2H3,(H,28,33). The highest BCUT2D eigenvalue weighted by Gasteiger charge is 2.18. The molecule has 0 aliphatic carbocycles. The van der Waals surface area contributed by atoms with Gasteiger partial charge in [0.1, 0.15) is 5.56 Å². The SMILES string of the molecule is CCn1cc(-c2ccnc3c(C(=O)Nc4cccc(Cn5cc(Cl)cn5)c4)cnn23)c(C)n1. The van der Waals surface area contributed by atoms with Crippen molar-refractivity contribution in [3.63, 3.8) is 0 Å². The van der Waals surface area contributed by atoms with Crippen LogP contribution in [0.1, 0.15) is 28.5 Å². The molecule has 1 aromatic carbocycles. The fourth-order valence-corrected chi connectivity index (χ4v) is 3.90. The summed E-state index contributed by atoms with van der Waals surface area (Å²) < 4.78 is 5.29. The molecule has 0 unspecified atom stereocenters. The fourth-order valence-electron chi connectivity index (χ4n) is 3.74. The van der Waals surface area contributed by atoms with Crippen LogP contribution in [0, 0.1) is 6.92 Å². The molecular weight excluding hydrogens is 440 g/mol. The minimum Gasteiger partial charge on any atom is -0.322 e. The Kier molecular flexibility index (Phi) is 5.39. The van der Waals surface area contributed by atoms with Crippen molar-refractivity contribution in [3.05, 3.63) is 83.2 Å². The first kappa shape index (κ1) is 20.9. The number of hydrogen-bond donors (Lipinski definition) is 1. The van der Waals surface area contributed by atoms with Gasteiger partial charge in [0.25, 0.3) is 5.91 Å². The predicted octanol–water partition coefficient (Wildman–Crippen LogP) is 4.07. The minimum absolute atomic E-state index is 0.282. The van der Waals surface area contributed by atoms with E-state index in [0.717, 1.165) is 29.1 Å². The Morgan fingerprint density at radius 1 is 1.12 bits per heavy atom. The Morgan fingerprint density at radius 2 is 2.00 bits per heavy atom. The molecule has 0 fully saturated rings. The third-order valence-corrected chi connectivity index (χ3v) is 5.52. The van der Waals surface area contributed by atoms with Gasteiger partial charge in [-0.15, -0.1) is 0 Å². The van der Waals surface area contributed by atoms with Crippen molar-refractivity contribution < 1.29 is 4.79 Å². The van der Waals surface area contributed by atoms with Crippen molar-refractivity contribution in [3.8, 4) is 11.3 Å². The summed E-state index contributed by atoms with van der Waals surface area (Å²) in [5.41, 5.74) is 5.20. The molecule has 166 valence electrons. The molecule has 0 bridgehead atoms. The highest BCUT2D eigenvalue weighted by Crippen LogP contribution is 2.24. The van der Waals surface area contributed by atoms with Crippen molar-refractivity contribution in [2.45, 2.75) is 26.9 Å². The second kappa shape index (κ2) is 8.51. The van der Waals surface area contributed by atoms with Gasteiger partial charge in [-0.3, -0.25) is 14.2 Å². The van der Waals surface area contributed by atoms with Crippen LogP contribution in [0.3, 0.4) is 0 Å². The van der Waals surface area contributed by atoms with E-state index in [1.54, 1.807) is 27.8 Å². The minimum atomic E-state index is -0.282. The number of aromatic nitrogens is 7. The highest BCUT2D eigenvalue weighted by atomic mass is 35.5. The number of aryl methyl sites for hydroxylation is 2. The maximum Gasteiger partial charge on any atom is 0.261 e. The van der Waals surface area contributed by atoms with Crippen molar-refractivity contribution in [2.75, 3.05) is 5.32 Å². The zero-order valence-corrected chi connectivity index (χ0v) is 18.9. The third kappa shape index (κ3) is 4.10. The lowest BCUT2D eigenvalue weighted by atomic mass is 10.2. The zero-order valence-electron chi connectivity index (χ0n) is 18.1. The number of anilines is 1. The van der Waals surface area contributed by atoms with Crippen LogP contribution in [0.15, 0.2) is 61.3 Å². The van der Waals surface area contributed by atoms with Crippen LogP contribution in [-0.4, -0.2) is 40.1 Å². The first-order valence-electron chi connectivity index (χ1n) is 10.5. The van der Waals surface area contributed by atoms with E-state index < -0.39 is 0 Å². The molecule has 0 saturated heterocycles. The average molecular weight is 461 g/mol. The number of benzene rings is 1. The smallest absolute Gasteiger partial charge is 0.261 e. The molecule has 0 saturated carbocycles. The summed E-state index contributed by atoms with van der Waals surface area (Å²) in [5.74, 6) is -0.282. The summed E-state index contributed by atoms with van der Waals surface area (Å²) in [7, 11) is 0. The molecule has 4 aromatic heterocycles. The quantitative estimate of drug-likeness (QED) is 0.412. The van der Waals surface area contributed by atoms with Crippen LogP contribution in [0.5, 0.6) is 0 Å². The number of amides is 1. The number of hydrogen-bond acceptors (Lipinski definition) is 5. The van der Waals surface area contributed by atoms with Gasteiger partial charge in [-0.25, -0.2) is 9.50 Å². The number of halogens is 1. The van der Waals surface area contributed by atoms with Crippen molar-refractivity contribution >= 4 is 28.8 Å². The van der Waals surface area contributed by atoms with Crippen molar-refractivity contribution in [2.24, 2.45) is 0 Å². The number of nitrogens with one attached hydrogen (secondary N) is 1. The molecule has 0 aliphatic rings. The van der Waals surface area contributed by atoms with Crippen molar-refractivity contribution in [1.82, 2.24) is 34.2 Å². The molecule has 10 heteroatoms. The predicted molar refractivity (Wildman–Crippen MR) is 125 cm³/mol. The number of nitrogens with zero attached hydrogens (tertiary/aromatic N) is 7. The number of fused-ring (bicyclic) bond motifs is 1. The first-order valence-corrected chi connectivity index (χ1v) is 10.8. The Balaban J connectivity index is 1.41. The second-order valence-corrected chi connectivity index (χ2v) is 8.05. The van der Waals surface area contributed by atoms with Gasteiger partial charge in [-0.1, -0.05) is 23.7 Å². The van der Waals surface area contributed by atoms with E-state index in [2.05, 4.69) is 25.6 Å². The second-order valence-electron chi connectivity index (χ2n) is 7.62. The summed E-state index contributed by atoms with van der Waals surface area (Å²) in [6.07, 6.45) is 8.54. The third-order valence-electron chi connectivity index (χ3n) is 5.32. The van der Waals surface area contributed by atoms with E-state index in [-0.39, 0.29) is 5.91 Å². The lowest BCUT2D eigenvalue weighted by Crippen LogP contribution is -2.12. The van der Waals surface area contributed by atoms with Gasteiger partial charge in [-0.05, 0) is 37.6 Å². The zero-order chi connectivity index (χ0) is 22.9. The number of carbonyl (C=O) groups excluding carboxylic acids is 1. The summed E-state index contributed by atoms with van der Waals surface area (Å²) in [4.78, 5) is 17.5. The lowest BCUT2D eigenvalue weighted by molar-refractivity contribution is 0.102. The highest BCUT2D eigenvalue weighted by molar-refractivity contribution is 6.30. The average Bonchev–Trinajstić information content (AvgIpc) is 3.52. The Morgan fingerprint density at radius 3 is 2.76 bits per heavy atom. The molecule has 9 nitrogen and oxygen atoms in total. The molecule has 1 amide bonds. The van der Waals surface area contributed by atoms with E-state index in [4.69, 9.17) is 11.6 Å². The van der Waals surface area contributed by atoms with Crippen LogP contribution in [0.2, 0.25) is 5.02 Å². The molecule has 0 spiro atoms. The van der Waals surface area contributed by atoms with Crippen LogP contribution < -0.4 is 5.32 Å². The molecule has 0 atom stereocenters. The van der Waals surface area contributed by atoms with Crippen LogP contribution >= 0.6 is 11.6 Å². The molecular formula is C23H21ClN8O. The largest absolute Gasteiger partial charge is 0.322 e. The monoisotopic (exact) mass is 460 g/mol. The van der Waals surface area contributed by atoms with E-state index in [1.165, 1.54) is 6.20 Å². The van der Waals surface area contributed by atoms with E-state index in [1.807, 2.05) is 55.1 Å². The normalized spacial score (nSPS) is 11.2. The van der Waals surface area contributed by atoms with Gasteiger partial charge < -0.3 is 5.32 Å². The fraction of sp³-hybridized carbons (Fsp3) is 0.174. The molecule has 5 rings (SSSR count). The lowest BCUT2D eigenvalue weighted by Gasteiger charge is -2.08. The molecule has 0 radical (unpaired) electrons. The van der Waals surface area contributed by atoms with Gasteiger partial charge in [0.05, 0.1) is 35.3 Å². The molecule has 5 aromatic rings. The van der Waals surface area contributed by atoms with Gasteiger partial charge >= 0.3 is 0 Å². The van der Waals surface area contributed by atoms with Crippen LogP contribution in [-0.2, 0) is 13.1 Å². The molecule has 1 N–H and O–H groups in total. The number of rotatable bonds is 6. The Hall–Kier alpha value is -3.98. The van der Waals surface area contributed by atoms with E-state index in [0.29, 0.717) is 28.5 Å². The van der Waals surface area contributed by atoms with Gasteiger partial charge in [0, 0.05) is 36.4 Å². The Bertz CT molecular complexity index is 1460. The van der Waals surface area contributed by atoms with Gasteiger partial charge in [0.15, 0.2) is 5.65 Å². The topological polar surface area (TPSA) is 94.9 Å². The summed E-state index contributed by atoms with van der Waals surface area (Å²) in [6.45, 7) is 5.31. The van der Waals surface area contributed by atoms with Gasteiger partial charge in [0.2, 0.25) is 0 Å². The van der Waals surface area contributed by atoms with Crippen LogP contribution in [0.4, 0.5) is 5.69 Å². The summed E-state index contributed by atoms with van der Waals surface area (Å²) >= 11 is 5.94. The van der Waals surface area contributed by atoms with Gasteiger partial charge in [-0.2, -0.15) is 15.3 Å². The summed E-state index contributed by atoms with van der Waals surface area (Å²) in [6, 6.07) is 9.46. The Labute approximate surface area is 194 Å². The van der Waals surface area contributed by atoms with Crippen molar-refractivity contribution in [1.29, 1.82) is 0 Å². The molecule has 33 heavy (non-hydrogen) atoms.